The maximum atomic E-state index is 12.3. The van der Waals surface area contributed by atoms with Gasteiger partial charge in [-0.3, -0.25) is 4.79 Å². The van der Waals surface area contributed by atoms with Crippen molar-refractivity contribution in [2.75, 3.05) is 31.1 Å². The summed E-state index contributed by atoms with van der Waals surface area (Å²) >= 11 is 0. The summed E-state index contributed by atoms with van der Waals surface area (Å²) in [5.74, 6) is 2.46. The summed E-state index contributed by atoms with van der Waals surface area (Å²) in [4.78, 5) is 25.3. The molecule has 0 radical (unpaired) electrons. The van der Waals surface area contributed by atoms with Gasteiger partial charge in [0, 0.05) is 38.3 Å². The van der Waals surface area contributed by atoms with Crippen molar-refractivity contribution in [2.45, 2.75) is 32.6 Å². The van der Waals surface area contributed by atoms with Gasteiger partial charge in [-0.25, -0.2) is 9.97 Å². The maximum Gasteiger partial charge on any atom is 0.225 e. The van der Waals surface area contributed by atoms with Gasteiger partial charge in [-0.1, -0.05) is 6.42 Å². The molecule has 1 aromatic rings. The molecule has 0 bridgehead atoms. The average Bonchev–Trinajstić information content (AvgIpc) is 2.62. The second-order valence-corrected chi connectivity index (χ2v) is 5.76. The normalized spacial score (nSPS) is 20.4. The molecule has 1 saturated carbocycles. The molecule has 108 valence electrons. The zero-order chi connectivity index (χ0) is 13.9. The second kappa shape index (κ2) is 5.77. The SMILES string of the molecule is Cc1nccc(N2CCCN(C(=O)C3CCC3)CC2)n1. The van der Waals surface area contributed by atoms with Crippen molar-refractivity contribution in [1.29, 1.82) is 0 Å². The number of anilines is 1. The van der Waals surface area contributed by atoms with Crippen molar-refractivity contribution in [3.63, 3.8) is 0 Å². The highest BCUT2D eigenvalue weighted by atomic mass is 16.2. The van der Waals surface area contributed by atoms with Gasteiger partial charge in [0.1, 0.15) is 11.6 Å². The summed E-state index contributed by atoms with van der Waals surface area (Å²) < 4.78 is 0. The molecule has 2 aliphatic rings. The van der Waals surface area contributed by atoms with Crippen LogP contribution in [0.5, 0.6) is 0 Å². The number of carbonyl (C=O) groups is 1. The predicted molar refractivity (Wildman–Crippen MR) is 77.5 cm³/mol. The largest absolute Gasteiger partial charge is 0.355 e. The lowest BCUT2D eigenvalue weighted by atomic mass is 9.84. The smallest absolute Gasteiger partial charge is 0.225 e. The molecule has 0 N–H and O–H groups in total. The van der Waals surface area contributed by atoms with E-state index < -0.39 is 0 Å². The van der Waals surface area contributed by atoms with Crippen molar-refractivity contribution in [2.24, 2.45) is 5.92 Å². The Morgan fingerprint density at radius 1 is 1.20 bits per heavy atom. The summed E-state index contributed by atoms with van der Waals surface area (Å²) in [6, 6.07) is 1.95. The Labute approximate surface area is 120 Å². The van der Waals surface area contributed by atoms with Crippen LogP contribution in [0, 0.1) is 12.8 Å². The van der Waals surface area contributed by atoms with Crippen LogP contribution in [0.1, 0.15) is 31.5 Å². The quantitative estimate of drug-likeness (QED) is 0.822. The molecular formula is C15H22N4O. The van der Waals surface area contributed by atoms with Crippen LogP contribution in [0.3, 0.4) is 0 Å². The van der Waals surface area contributed by atoms with Crippen LogP contribution in [0.25, 0.3) is 0 Å². The number of carbonyl (C=O) groups excluding carboxylic acids is 1. The minimum absolute atomic E-state index is 0.308. The number of nitrogens with zero attached hydrogens (tertiary/aromatic N) is 4. The molecule has 1 aliphatic carbocycles. The third-order valence-electron chi connectivity index (χ3n) is 4.35. The molecular weight excluding hydrogens is 252 g/mol. The van der Waals surface area contributed by atoms with Crippen molar-refractivity contribution in [3.05, 3.63) is 18.1 Å². The molecule has 0 atom stereocenters. The lowest BCUT2D eigenvalue weighted by molar-refractivity contribution is -0.137. The molecule has 1 saturated heterocycles. The second-order valence-electron chi connectivity index (χ2n) is 5.76. The molecule has 5 heteroatoms. The van der Waals surface area contributed by atoms with E-state index in [4.69, 9.17) is 0 Å². The Hall–Kier alpha value is -1.65. The monoisotopic (exact) mass is 274 g/mol. The maximum absolute atomic E-state index is 12.3. The molecule has 2 fully saturated rings. The summed E-state index contributed by atoms with van der Waals surface area (Å²) in [6.07, 6.45) is 6.21. The average molecular weight is 274 g/mol. The van der Waals surface area contributed by atoms with Gasteiger partial charge >= 0.3 is 0 Å². The van der Waals surface area contributed by atoms with Crippen LogP contribution >= 0.6 is 0 Å². The van der Waals surface area contributed by atoms with E-state index >= 15 is 0 Å². The van der Waals surface area contributed by atoms with Gasteiger partial charge in [0.2, 0.25) is 5.91 Å². The fraction of sp³-hybridized carbons (Fsp3) is 0.667. The van der Waals surface area contributed by atoms with E-state index in [0.717, 1.165) is 57.1 Å². The molecule has 1 aliphatic heterocycles. The number of hydrogen-bond acceptors (Lipinski definition) is 4. The first-order valence-electron chi connectivity index (χ1n) is 7.57. The summed E-state index contributed by atoms with van der Waals surface area (Å²) in [5, 5.41) is 0. The lowest BCUT2D eigenvalue weighted by Crippen LogP contribution is -2.41. The third kappa shape index (κ3) is 2.76. The number of amides is 1. The zero-order valence-electron chi connectivity index (χ0n) is 12.1. The van der Waals surface area contributed by atoms with E-state index in [-0.39, 0.29) is 0 Å². The van der Waals surface area contributed by atoms with Gasteiger partial charge in [0.05, 0.1) is 0 Å². The van der Waals surface area contributed by atoms with Gasteiger partial charge in [0.15, 0.2) is 0 Å². The number of aryl methyl sites for hydroxylation is 1. The van der Waals surface area contributed by atoms with Gasteiger partial charge < -0.3 is 9.80 Å². The number of rotatable bonds is 2. The highest BCUT2D eigenvalue weighted by Gasteiger charge is 2.30. The van der Waals surface area contributed by atoms with E-state index in [1.807, 2.05) is 13.0 Å². The Kier molecular flexibility index (Phi) is 3.85. The van der Waals surface area contributed by atoms with Crippen molar-refractivity contribution < 1.29 is 4.79 Å². The van der Waals surface area contributed by atoms with E-state index in [1.54, 1.807) is 6.20 Å². The number of aromatic nitrogens is 2. The molecule has 20 heavy (non-hydrogen) atoms. The minimum atomic E-state index is 0.308. The molecule has 1 amide bonds. The Morgan fingerprint density at radius 2 is 2.05 bits per heavy atom. The standard InChI is InChI=1S/C15H22N4O/c1-12-16-7-6-14(17-12)18-8-3-9-19(11-10-18)15(20)13-4-2-5-13/h6-7,13H,2-5,8-11H2,1H3. The first-order valence-corrected chi connectivity index (χ1v) is 7.57. The van der Waals surface area contributed by atoms with E-state index in [9.17, 15) is 4.79 Å². The Bertz CT molecular complexity index is 487. The molecule has 0 unspecified atom stereocenters. The van der Waals surface area contributed by atoms with Crippen LogP contribution in [-0.4, -0.2) is 47.0 Å². The van der Waals surface area contributed by atoms with Crippen molar-refractivity contribution in [3.8, 4) is 0 Å². The van der Waals surface area contributed by atoms with Crippen LogP contribution < -0.4 is 4.90 Å². The first kappa shape index (κ1) is 13.3. The predicted octanol–water partition coefficient (Wildman–Crippen LogP) is 1.62. The highest BCUT2D eigenvalue weighted by Crippen LogP contribution is 2.28. The Balaban J connectivity index is 1.63. The first-order chi connectivity index (χ1) is 9.74. The number of hydrogen-bond donors (Lipinski definition) is 0. The van der Waals surface area contributed by atoms with Crippen molar-refractivity contribution >= 4 is 11.7 Å². The van der Waals surface area contributed by atoms with Gasteiger partial charge in [-0.15, -0.1) is 0 Å². The van der Waals surface area contributed by atoms with Crippen LogP contribution in [-0.2, 0) is 4.79 Å². The summed E-state index contributed by atoms with van der Waals surface area (Å²) in [5.41, 5.74) is 0. The van der Waals surface area contributed by atoms with Crippen molar-refractivity contribution in [1.82, 2.24) is 14.9 Å². The van der Waals surface area contributed by atoms with Gasteiger partial charge in [0.25, 0.3) is 0 Å². The lowest BCUT2D eigenvalue weighted by Gasteiger charge is -2.31. The summed E-state index contributed by atoms with van der Waals surface area (Å²) in [7, 11) is 0. The molecule has 1 aromatic heterocycles. The molecule has 0 aromatic carbocycles. The van der Waals surface area contributed by atoms with E-state index in [0.29, 0.717) is 11.8 Å². The van der Waals surface area contributed by atoms with Gasteiger partial charge in [-0.2, -0.15) is 0 Å². The topological polar surface area (TPSA) is 49.3 Å². The third-order valence-corrected chi connectivity index (χ3v) is 4.35. The minimum Gasteiger partial charge on any atom is -0.355 e. The van der Waals surface area contributed by atoms with Crippen LogP contribution in [0.15, 0.2) is 12.3 Å². The summed E-state index contributed by atoms with van der Waals surface area (Å²) in [6.45, 7) is 5.45. The van der Waals surface area contributed by atoms with Crippen LogP contribution in [0.2, 0.25) is 0 Å². The van der Waals surface area contributed by atoms with Gasteiger partial charge in [-0.05, 0) is 32.3 Å². The zero-order valence-corrected chi connectivity index (χ0v) is 12.1. The molecule has 2 heterocycles. The van der Waals surface area contributed by atoms with Crippen LogP contribution in [0.4, 0.5) is 5.82 Å². The highest BCUT2D eigenvalue weighted by molar-refractivity contribution is 5.79. The van der Waals surface area contributed by atoms with E-state index in [2.05, 4.69) is 19.8 Å². The molecule has 5 nitrogen and oxygen atoms in total. The fourth-order valence-electron chi connectivity index (χ4n) is 2.90. The molecule has 0 spiro atoms. The fourth-order valence-corrected chi connectivity index (χ4v) is 2.90. The molecule has 3 rings (SSSR count). The Morgan fingerprint density at radius 3 is 2.75 bits per heavy atom. The van der Waals surface area contributed by atoms with E-state index in [1.165, 1.54) is 6.42 Å².